The van der Waals surface area contributed by atoms with Crippen LogP contribution >= 0.6 is 0 Å². The Kier molecular flexibility index (Phi) is 3.24. The first-order chi connectivity index (χ1) is 7.72. The van der Waals surface area contributed by atoms with Gasteiger partial charge in [0, 0.05) is 24.8 Å². The van der Waals surface area contributed by atoms with Gasteiger partial charge in [0.2, 0.25) is 0 Å². The third-order valence-corrected chi connectivity index (χ3v) is 3.00. The molecule has 5 heteroatoms. The second-order valence-corrected chi connectivity index (χ2v) is 4.29. The van der Waals surface area contributed by atoms with E-state index in [4.69, 9.17) is 0 Å². The zero-order valence-corrected chi connectivity index (χ0v) is 9.79. The van der Waals surface area contributed by atoms with Gasteiger partial charge in [-0.2, -0.15) is 5.10 Å². The molecule has 1 amide bonds. The number of carbonyl (C=O) groups excluding carboxylic acids is 1. The molecule has 0 bridgehead atoms. The molecule has 1 unspecified atom stereocenters. The molecule has 0 aliphatic carbocycles. The summed E-state index contributed by atoms with van der Waals surface area (Å²) in [4.78, 5) is 14.1. The molecule has 1 aliphatic heterocycles. The summed E-state index contributed by atoms with van der Waals surface area (Å²) < 4.78 is 0. The largest absolute Gasteiger partial charge is 0.333 e. The van der Waals surface area contributed by atoms with Crippen LogP contribution in [-0.2, 0) is 0 Å². The standard InChI is InChI=1S/C11H18N4O/c1-8-6-10(14-13-8)11(16)15-5-3-4-9(15)7-12-2/h6,9,12H,3-5,7H2,1-2H3,(H,13,14). The van der Waals surface area contributed by atoms with Crippen molar-refractivity contribution >= 4 is 5.91 Å². The van der Waals surface area contributed by atoms with Crippen molar-refractivity contribution < 1.29 is 4.79 Å². The average molecular weight is 222 g/mol. The van der Waals surface area contributed by atoms with Gasteiger partial charge in [0.25, 0.3) is 5.91 Å². The summed E-state index contributed by atoms with van der Waals surface area (Å²) in [6.07, 6.45) is 2.16. The minimum Gasteiger partial charge on any atom is -0.333 e. The monoisotopic (exact) mass is 222 g/mol. The van der Waals surface area contributed by atoms with Gasteiger partial charge in [0.15, 0.2) is 0 Å². The van der Waals surface area contributed by atoms with Gasteiger partial charge in [-0.3, -0.25) is 9.89 Å². The molecule has 1 saturated heterocycles. The summed E-state index contributed by atoms with van der Waals surface area (Å²) in [7, 11) is 1.92. The average Bonchev–Trinajstić information content (AvgIpc) is 2.87. The zero-order valence-electron chi connectivity index (χ0n) is 9.79. The van der Waals surface area contributed by atoms with Gasteiger partial charge in [-0.1, -0.05) is 0 Å². The van der Waals surface area contributed by atoms with Crippen LogP contribution in [0.25, 0.3) is 0 Å². The van der Waals surface area contributed by atoms with Crippen LogP contribution in [0, 0.1) is 6.92 Å². The van der Waals surface area contributed by atoms with E-state index in [1.165, 1.54) is 0 Å². The first kappa shape index (κ1) is 11.1. The molecule has 88 valence electrons. The lowest BCUT2D eigenvalue weighted by Gasteiger charge is -2.23. The Morgan fingerprint density at radius 1 is 1.75 bits per heavy atom. The van der Waals surface area contributed by atoms with Crippen LogP contribution in [0.3, 0.4) is 0 Å². The van der Waals surface area contributed by atoms with Crippen molar-refractivity contribution in [3.05, 3.63) is 17.5 Å². The van der Waals surface area contributed by atoms with E-state index in [0.29, 0.717) is 11.7 Å². The first-order valence-corrected chi connectivity index (χ1v) is 5.70. The molecular weight excluding hydrogens is 204 g/mol. The number of rotatable bonds is 3. The van der Waals surface area contributed by atoms with Crippen LogP contribution in [0.5, 0.6) is 0 Å². The number of hydrogen-bond acceptors (Lipinski definition) is 3. The Bertz CT molecular complexity index is 374. The van der Waals surface area contributed by atoms with Crippen molar-refractivity contribution in [2.24, 2.45) is 0 Å². The van der Waals surface area contributed by atoms with Gasteiger partial charge in [0.1, 0.15) is 5.69 Å². The second-order valence-electron chi connectivity index (χ2n) is 4.29. The molecule has 1 atom stereocenters. The van der Waals surface area contributed by atoms with Crippen molar-refractivity contribution in [1.82, 2.24) is 20.4 Å². The molecule has 2 rings (SSSR count). The number of likely N-dealkylation sites (tertiary alicyclic amines) is 1. The van der Waals surface area contributed by atoms with Gasteiger partial charge in [0.05, 0.1) is 0 Å². The summed E-state index contributed by atoms with van der Waals surface area (Å²) in [6.45, 7) is 3.60. The maximum atomic E-state index is 12.2. The Labute approximate surface area is 95.2 Å². The van der Waals surface area contributed by atoms with Crippen LogP contribution in [0.4, 0.5) is 0 Å². The molecule has 5 nitrogen and oxygen atoms in total. The number of H-pyrrole nitrogens is 1. The molecule has 16 heavy (non-hydrogen) atoms. The molecule has 1 aliphatic rings. The minimum atomic E-state index is 0.0436. The number of nitrogens with one attached hydrogen (secondary N) is 2. The van der Waals surface area contributed by atoms with E-state index in [1.54, 1.807) is 6.07 Å². The number of aromatic nitrogens is 2. The summed E-state index contributed by atoms with van der Waals surface area (Å²) >= 11 is 0. The predicted molar refractivity (Wildman–Crippen MR) is 61.3 cm³/mol. The van der Waals surface area contributed by atoms with E-state index in [9.17, 15) is 4.79 Å². The zero-order chi connectivity index (χ0) is 11.5. The molecule has 1 aromatic heterocycles. The van der Waals surface area contributed by atoms with Crippen molar-refractivity contribution in [2.45, 2.75) is 25.8 Å². The fraction of sp³-hybridized carbons (Fsp3) is 0.636. The van der Waals surface area contributed by atoms with E-state index in [0.717, 1.165) is 31.6 Å². The Morgan fingerprint density at radius 3 is 3.19 bits per heavy atom. The number of aryl methyl sites for hydroxylation is 1. The summed E-state index contributed by atoms with van der Waals surface area (Å²) in [5.74, 6) is 0.0436. The fourth-order valence-electron chi connectivity index (χ4n) is 2.23. The van der Waals surface area contributed by atoms with Crippen LogP contribution < -0.4 is 5.32 Å². The highest BCUT2D eigenvalue weighted by atomic mass is 16.2. The van der Waals surface area contributed by atoms with E-state index in [1.807, 2.05) is 18.9 Å². The smallest absolute Gasteiger partial charge is 0.274 e. The number of likely N-dealkylation sites (N-methyl/N-ethyl adjacent to an activating group) is 1. The van der Waals surface area contributed by atoms with Gasteiger partial charge in [-0.15, -0.1) is 0 Å². The van der Waals surface area contributed by atoms with Gasteiger partial charge in [-0.25, -0.2) is 0 Å². The van der Waals surface area contributed by atoms with Crippen molar-refractivity contribution in [2.75, 3.05) is 20.1 Å². The fourth-order valence-corrected chi connectivity index (χ4v) is 2.23. The highest BCUT2D eigenvalue weighted by molar-refractivity contribution is 5.92. The summed E-state index contributed by atoms with van der Waals surface area (Å²) in [5.41, 5.74) is 1.45. The van der Waals surface area contributed by atoms with Crippen molar-refractivity contribution in [3.63, 3.8) is 0 Å². The van der Waals surface area contributed by atoms with Crippen LogP contribution in [0.2, 0.25) is 0 Å². The molecule has 0 saturated carbocycles. The topological polar surface area (TPSA) is 61.0 Å². The quantitative estimate of drug-likeness (QED) is 0.784. The highest BCUT2D eigenvalue weighted by Crippen LogP contribution is 2.19. The number of nitrogens with zero attached hydrogens (tertiary/aromatic N) is 2. The first-order valence-electron chi connectivity index (χ1n) is 5.70. The van der Waals surface area contributed by atoms with E-state index in [2.05, 4.69) is 15.5 Å². The molecule has 0 spiro atoms. The highest BCUT2D eigenvalue weighted by Gasteiger charge is 2.29. The number of hydrogen-bond donors (Lipinski definition) is 2. The van der Waals surface area contributed by atoms with Gasteiger partial charge in [-0.05, 0) is 32.9 Å². The van der Waals surface area contributed by atoms with Gasteiger partial charge >= 0.3 is 0 Å². The number of carbonyl (C=O) groups is 1. The minimum absolute atomic E-state index is 0.0436. The van der Waals surface area contributed by atoms with Crippen molar-refractivity contribution in [3.8, 4) is 0 Å². The Morgan fingerprint density at radius 2 is 2.56 bits per heavy atom. The second kappa shape index (κ2) is 4.65. The molecule has 0 aromatic carbocycles. The molecule has 2 N–H and O–H groups in total. The maximum Gasteiger partial charge on any atom is 0.274 e. The van der Waals surface area contributed by atoms with E-state index < -0.39 is 0 Å². The lowest BCUT2D eigenvalue weighted by Crippen LogP contribution is -2.41. The Hall–Kier alpha value is -1.36. The SMILES string of the molecule is CNCC1CCCN1C(=O)c1cc(C)[nH]n1. The van der Waals surface area contributed by atoms with Crippen LogP contribution in [0.1, 0.15) is 29.0 Å². The van der Waals surface area contributed by atoms with Crippen LogP contribution in [-0.4, -0.2) is 47.2 Å². The normalized spacial score (nSPS) is 20.4. The lowest BCUT2D eigenvalue weighted by molar-refractivity contribution is 0.0731. The molecule has 1 aromatic rings. The molecular formula is C11H18N4O. The van der Waals surface area contributed by atoms with Crippen molar-refractivity contribution in [1.29, 1.82) is 0 Å². The van der Waals surface area contributed by atoms with E-state index in [-0.39, 0.29) is 5.91 Å². The summed E-state index contributed by atoms with van der Waals surface area (Å²) in [6, 6.07) is 2.12. The van der Waals surface area contributed by atoms with Gasteiger partial charge < -0.3 is 10.2 Å². The maximum absolute atomic E-state index is 12.2. The van der Waals surface area contributed by atoms with Crippen LogP contribution in [0.15, 0.2) is 6.07 Å². The van der Waals surface area contributed by atoms with E-state index >= 15 is 0 Å². The predicted octanol–water partition coefficient (Wildman–Crippen LogP) is 0.542. The number of amides is 1. The summed E-state index contributed by atoms with van der Waals surface area (Å²) in [5, 5.41) is 9.95. The number of aromatic amines is 1. The molecule has 0 radical (unpaired) electrons. The third kappa shape index (κ3) is 2.09. The third-order valence-electron chi connectivity index (χ3n) is 3.00. The molecule has 2 heterocycles. The molecule has 1 fully saturated rings. The lowest BCUT2D eigenvalue weighted by atomic mass is 10.2. The Balaban J connectivity index is 2.09.